The van der Waals surface area contributed by atoms with E-state index in [0.29, 0.717) is 5.92 Å². The quantitative estimate of drug-likeness (QED) is 0.921. The molecule has 0 saturated carbocycles. The largest absolute Gasteiger partial charge is 0.394 e. The minimum atomic E-state index is 0.219. The van der Waals surface area contributed by atoms with E-state index in [9.17, 15) is 5.11 Å². The van der Waals surface area contributed by atoms with Gasteiger partial charge in [0, 0.05) is 12.2 Å². The molecule has 2 aromatic carbocycles. The summed E-state index contributed by atoms with van der Waals surface area (Å²) in [4.78, 5) is 2.35. The molecule has 2 aromatic rings. The maximum atomic E-state index is 9.75. The van der Waals surface area contributed by atoms with E-state index in [1.807, 2.05) is 6.07 Å². The molecule has 2 heteroatoms. The predicted molar refractivity (Wildman–Crippen MR) is 83.1 cm³/mol. The summed E-state index contributed by atoms with van der Waals surface area (Å²) in [7, 11) is 0. The van der Waals surface area contributed by atoms with Gasteiger partial charge >= 0.3 is 0 Å². The van der Waals surface area contributed by atoms with E-state index in [1.165, 1.54) is 11.3 Å². The van der Waals surface area contributed by atoms with Crippen LogP contribution in [0.4, 0.5) is 5.69 Å². The Bertz CT molecular complexity index is 526. The Kier molecular flexibility index (Phi) is 4.03. The molecule has 2 unspecified atom stereocenters. The van der Waals surface area contributed by atoms with Gasteiger partial charge in [-0.25, -0.2) is 0 Å². The lowest BCUT2D eigenvalue weighted by Gasteiger charge is -2.40. The average molecular weight is 267 g/mol. The molecule has 0 aliphatic carbocycles. The zero-order chi connectivity index (χ0) is 13.8. The number of anilines is 1. The fraction of sp³-hybridized carbons (Fsp3) is 0.333. The molecule has 20 heavy (non-hydrogen) atoms. The predicted octanol–water partition coefficient (Wildman–Crippen LogP) is 3.43. The lowest BCUT2D eigenvalue weighted by molar-refractivity contribution is 0.232. The first-order valence-electron chi connectivity index (χ1n) is 7.36. The molecule has 1 fully saturated rings. The molecule has 1 heterocycles. The Morgan fingerprint density at radius 3 is 2.25 bits per heavy atom. The van der Waals surface area contributed by atoms with E-state index >= 15 is 0 Å². The number of rotatable bonds is 3. The molecule has 3 rings (SSSR count). The minimum absolute atomic E-state index is 0.219. The van der Waals surface area contributed by atoms with Crippen LogP contribution in [0.15, 0.2) is 60.7 Å². The SMILES string of the molecule is OCC1CC(c2ccccc2)CCN1c1ccccc1. The lowest BCUT2D eigenvalue weighted by atomic mass is 9.85. The van der Waals surface area contributed by atoms with Crippen LogP contribution in [0.5, 0.6) is 0 Å². The molecular formula is C18H21NO. The molecular weight excluding hydrogens is 246 g/mol. The fourth-order valence-corrected chi connectivity index (χ4v) is 3.21. The first-order valence-corrected chi connectivity index (χ1v) is 7.36. The van der Waals surface area contributed by atoms with Gasteiger partial charge in [0.05, 0.1) is 12.6 Å². The molecule has 2 atom stereocenters. The van der Waals surface area contributed by atoms with Gasteiger partial charge in [-0.1, -0.05) is 48.5 Å². The van der Waals surface area contributed by atoms with Gasteiger partial charge in [0.1, 0.15) is 0 Å². The summed E-state index contributed by atoms with van der Waals surface area (Å²) in [6.45, 7) is 1.23. The summed E-state index contributed by atoms with van der Waals surface area (Å²) in [6.07, 6.45) is 2.17. The Hall–Kier alpha value is -1.80. The van der Waals surface area contributed by atoms with Gasteiger partial charge in [0.25, 0.3) is 0 Å². The smallest absolute Gasteiger partial charge is 0.0635 e. The zero-order valence-corrected chi connectivity index (χ0v) is 11.7. The number of aliphatic hydroxyl groups excluding tert-OH is 1. The van der Waals surface area contributed by atoms with Crippen LogP contribution >= 0.6 is 0 Å². The number of piperidine rings is 1. The van der Waals surface area contributed by atoms with Crippen molar-refractivity contribution in [1.82, 2.24) is 0 Å². The van der Waals surface area contributed by atoms with Crippen molar-refractivity contribution in [3.8, 4) is 0 Å². The van der Waals surface area contributed by atoms with Crippen molar-refractivity contribution in [2.75, 3.05) is 18.1 Å². The third-order valence-electron chi connectivity index (χ3n) is 4.29. The van der Waals surface area contributed by atoms with E-state index in [-0.39, 0.29) is 12.6 Å². The highest BCUT2D eigenvalue weighted by molar-refractivity contribution is 5.48. The van der Waals surface area contributed by atoms with Crippen LogP contribution in [-0.4, -0.2) is 24.3 Å². The van der Waals surface area contributed by atoms with Gasteiger partial charge in [-0.3, -0.25) is 0 Å². The van der Waals surface area contributed by atoms with E-state index in [4.69, 9.17) is 0 Å². The van der Waals surface area contributed by atoms with Crippen LogP contribution in [0.1, 0.15) is 24.3 Å². The Morgan fingerprint density at radius 1 is 0.950 bits per heavy atom. The van der Waals surface area contributed by atoms with Crippen molar-refractivity contribution < 1.29 is 5.11 Å². The van der Waals surface area contributed by atoms with Gasteiger partial charge < -0.3 is 10.0 Å². The third-order valence-corrected chi connectivity index (χ3v) is 4.29. The van der Waals surface area contributed by atoms with Gasteiger partial charge in [-0.15, -0.1) is 0 Å². The number of para-hydroxylation sites is 1. The van der Waals surface area contributed by atoms with E-state index < -0.39 is 0 Å². The van der Waals surface area contributed by atoms with Crippen LogP contribution in [0.3, 0.4) is 0 Å². The maximum Gasteiger partial charge on any atom is 0.0635 e. The molecule has 1 saturated heterocycles. The maximum absolute atomic E-state index is 9.75. The average Bonchev–Trinajstić information content (AvgIpc) is 2.56. The lowest BCUT2D eigenvalue weighted by Crippen LogP contribution is -2.44. The monoisotopic (exact) mass is 267 g/mol. The van der Waals surface area contributed by atoms with Crippen LogP contribution < -0.4 is 4.90 Å². The second kappa shape index (κ2) is 6.10. The molecule has 2 nitrogen and oxygen atoms in total. The van der Waals surface area contributed by atoms with Crippen molar-refractivity contribution in [3.05, 3.63) is 66.2 Å². The second-order valence-corrected chi connectivity index (χ2v) is 5.50. The summed E-state index contributed by atoms with van der Waals surface area (Å²) in [6, 6.07) is 21.3. The number of benzene rings is 2. The molecule has 0 amide bonds. The summed E-state index contributed by atoms with van der Waals surface area (Å²) in [5, 5.41) is 9.75. The highest BCUT2D eigenvalue weighted by atomic mass is 16.3. The Morgan fingerprint density at radius 2 is 1.60 bits per heavy atom. The van der Waals surface area contributed by atoms with Gasteiger partial charge in [-0.05, 0) is 36.5 Å². The van der Waals surface area contributed by atoms with Crippen LogP contribution in [0.25, 0.3) is 0 Å². The molecule has 0 radical (unpaired) electrons. The molecule has 0 aromatic heterocycles. The van der Waals surface area contributed by atoms with Crippen molar-refractivity contribution in [2.45, 2.75) is 24.8 Å². The van der Waals surface area contributed by atoms with Crippen molar-refractivity contribution in [2.24, 2.45) is 0 Å². The van der Waals surface area contributed by atoms with Gasteiger partial charge in [-0.2, -0.15) is 0 Å². The van der Waals surface area contributed by atoms with Crippen molar-refractivity contribution in [3.63, 3.8) is 0 Å². The molecule has 0 bridgehead atoms. The number of hydrogen-bond acceptors (Lipinski definition) is 2. The first-order chi connectivity index (χ1) is 9.88. The highest BCUT2D eigenvalue weighted by Gasteiger charge is 2.28. The number of hydrogen-bond donors (Lipinski definition) is 1. The zero-order valence-electron chi connectivity index (χ0n) is 11.7. The summed E-state index contributed by atoms with van der Waals surface area (Å²) in [5.41, 5.74) is 2.62. The number of aliphatic hydroxyl groups is 1. The molecule has 0 spiro atoms. The molecule has 1 N–H and O–H groups in total. The minimum Gasteiger partial charge on any atom is -0.394 e. The van der Waals surface area contributed by atoms with Crippen LogP contribution in [0.2, 0.25) is 0 Å². The van der Waals surface area contributed by atoms with Gasteiger partial charge in [0.2, 0.25) is 0 Å². The highest BCUT2D eigenvalue weighted by Crippen LogP contribution is 2.33. The summed E-state index contributed by atoms with van der Waals surface area (Å²) < 4.78 is 0. The van der Waals surface area contributed by atoms with Crippen molar-refractivity contribution >= 4 is 5.69 Å². The van der Waals surface area contributed by atoms with Gasteiger partial charge in [0.15, 0.2) is 0 Å². The molecule has 1 aliphatic heterocycles. The van der Waals surface area contributed by atoms with Crippen LogP contribution in [0, 0.1) is 0 Å². The first kappa shape index (κ1) is 13.2. The fourth-order valence-electron chi connectivity index (χ4n) is 3.21. The standard InChI is InChI=1S/C18H21NO/c20-14-18-13-16(15-7-3-1-4-8-15)11-12-19(18)17-9-5-2-6-10-17/h1-10,16,18,20H,11-14H2. The Balaban J connectivity index is 1.76. The van der Waals surface area contributed by atoms with Crippen LogP contribution in [-0.2, 0) is 0 Å². The molecule has 1 aliphatic rings. The normalized spacial score (nSPS) is 22.8. The Labute approximate surface area is 120 Å². The van der Waals surface area contributed by atoms with Crippen molar-refractivity contribution in [1.29, 1.82) is 0 Å². The van der Waals surface area contributed by atoms with E-state index in [0.717, 1.165) is 19.4 Å². The van der Waals surface area contributed by atoms with E-state index in [2.05, 4.69) is 59.5 Å². The third kappa shape index (κ3) is 2.70. The second-order valence-electron chi connectivity index (χ2n) is 5.50. The summed E-state index contributed by atoms with van der Waals surface area (Å²) >= 11 is 0. The van der Waals surface area contributed by atoms with E-state index in [1.54, 1.807) is 0 Å². The topological polar surface area (TPSA) is 23.5 Å². The number of nitrogens with zero attached hydrogens (tertiary/aromatic N) is 1. The summed E-state index contributed by atoms with van der Waals surface area (Å²) in [5.74, 6) is 0.563. The molecule has 104 valence electrons.